The summed E-state index contributed by atoms with van der Waals surface area (Å²) in [6.07, 6.45) is 0. The van der Waals surface area contributed by atoms with Crippen molar-refractivity contribution in [2.24, 2.45) is 5.73 Å². The lowest BCUT2D eigenvalue weighted by Crippen LogP contribution is -2.26. The fourth-order valence-corrected chi connectivity index (χ4v) is 1.45. The summed E-state index contributed by atoms with van der Waals surface area (Å²) in [6, 6.07) is 5.55. The average Bonchev–Trinajstić information content (AvgIpc) is 2.35. The van der Waals surface area contributed by atoms with E-state index in [1.807, 2.05) is 32.0 Å². The molecule has 0 heterocycles. The van der Waals surface area contributed by atoms with Gasteiger partial charge in [-0.2, -0.15) is 0 Å². The van der Waals surface area contributed by atoms with Crippen molar-refractivity contribution in [2.45, 2.75) is 13.8 Å². The topological polar surface area (TPSA) is 46.3 Å². The third kappa shape index (κ3) is 3.33. The van der Waals surface area contributed by atoms with Crippen molar-refractivity contribution in [1.29, 1.82) is 0 Å². The lowest BCUT2D eigenvalue weighted by Gasteiger charge is -2.14. The van der Waals surface area contributed by atoms with Crippen molar-refractivity contribution in [1.82, 2.24) is 4.90 Å². The van der Waals surface area contributed by atoms with Crippen molar-refractivity contribution in [3.05, 3.63) is 34.9 Å². The molecule has 1 aromatic rings. The molecule has 0 saturated carbocycles. The number of rotatable bonds is 2. The first kappa shape index (κ1) is 13.3. The molecule has 0 aliphatic rings. The van der Waals surface area contributed by atoms with Gasteiger partial charge in [-0.3, -0.25) is 4.79 Å². The Morgan fingerprint density at radius 1 is 1.47 bits per heavy atom. The molecule has 0 aliphatic carbocycles. The van der Waals surface area contributed by atoms with Gasteiger partial charge in [-0.1, -0.05) is 11.8 Å². The molecule has 0 aliphatic heterocycles. The quantitative estimate of drug-likeness (QED) is 0.781. The van der Waals surface area contributed by atoms with E-state index in [9.17, 15) is 4.79 Å². The smallest absolute Gasteiger partial charge is 0.253 e. The normalized spacial score (nSPS) is 9.41. The highest BCUT2D eigenvalue weighted by molar-refractivity contribution is 5.94. The van der Waals surface area contributed by atoms with Gasteiger partial charge in [0.2, 0.25) is 0 Å². The second kappa shape index (κ2) is 6.07. The van der Waals surface area contributed by atoms with Crippen molar-refractivity contribution in [3.8, 4) is 11.8 Å². The Balaban J connectivity index is 3.00. The van der Waals surface area contributed by atoms with E-state index in [-0.39, 0.29) is 5.91 Å². The van der Waals surface area contributed by atoms with Gasteiger partial charge in [0.1, 0.15) is 0 Å². The molecule has 0 fully saturated rings. The van der Waals surface area contributed by atoms with Crippen LogP contribution in [0.4, 0.5) is 0 Å². The Morgan fingerprint density at radius 2 is 2.18 bits per heavy atom. The van der Waals surface area contributed by atoms with E-state index in [2.05, 4.69) is 11.8 Å². The molecule has 0 saturated heterocycles. The number of aryl methyl sites for hydroxylation is 1. The molecule has 1 rings (SSSR count). The van der Waals surface area contributed by atoms with E-state index in [0.717, 1.165) is 11.1 Å². The van der Waals surface area contributed by atoms with Gasteiger partial charge in [-0.25, -0.2) is 0 Å². The van der Waals surface area contributed by atoms with Crippen LogP contribution in [0.1, 0.15) is 28.4 Å². The molecule has 1 aromatic carbocycles. The second-order valence-corrected chi connectivity index (χ2v) is 3.85. The van der Waals surface area contributed by atoms with Crippen LogP contribution < -0.4 is 5.73 Å². The number of benzene rings is 1. The molecule has 0 aromatic heterocycles. The summed E-state index contributed by atoms with van der Waals surface area (Å²) < 4.78 is 0. The molecule has 3 nitrogen and oxygen atoms in total. The summed E-state index contributed by atoms with van der Waals surface area (Å²) in [7, 11) is 1.79. The first-order valence-electron chi connectivity index (χ1n) is 5.65. The molecule has 0 spiro atoms. The molecule has 0 bridgehead atoms. The van der Waals surface area contributed by atoms with Gasteiger partial charge in [-0.15, -0.1) is 0 Å². The SMILES string of the molecule is CCN(C)C(=O)c1ccc(C#CCN)c(C)c1. The Labute approximate surface area is 103 Å². The first-order chi connectivity index (χ1) is 8.10. The molecule has 0 radical (unpaired) electrons. The van der Waals surface area contributed by atoms with E-state index < -0.39 is 0 Å². The van der Waals surface area contributed by atoms with E-state index in [4.69, 9.17) is 5.73 Å². The van der Waals surface area contributed by atoms with Crippen molar-refractivity contribution >= 4 is 5.91 Å². The first-order valence-corrected chi connectivity index (χ1v) is 5.65. The molecule has 2 N–H and O–H groups in total. The van der Waals surface area contributed by atoms with Gasteiger partial charge in [0.25, 0.3) is 5.91 Å². The number of nitrogens with two attached hydrogens (primary N) is 1. The zero-order chi connectivity index (χ0) is 12.8. The summed E-state index contributed by atoms with van der Waals surface area (Å²) in [6.45, 7) is 4.94. The van der Waals surface area contributed by atoms with Gasteiger partial charge < -0.3 is 10.6 Å². The fraction of sp³-hybridized carbons (Fsp3) is 0.357. The minimum Gasteiger partial charge on any atom is -0.342 e. The number of hydrogen-bond acceptors (Lipinski definition) is 2. The second-order valence-electron chi connectivity index (χ2n) is 3.85. The zero-order valence-electron chi connectivity index (χ0n) is 10.6. The maximum Gasteiger partial charge on any atom is 0.253 e. The van der Waals surface area contributed by atoms with Crippen LogP contribution in [0.3, 0.4) is 0 Å². The Morgan fingerprint density at radius 3 is 2.71 bits per heavy atom. The van der Waals surface area contributed by atoms with Gasteiger partial charge in [0.05, 0.1) is 6.54 Å². The Kier molecular flexibility index (Phi) is 4.74. The summed E-state index contributed by atoms with van der Waals surface area (Å²) in [5, 5.41) is 0. The number of carbonyl (C=O) groups is 1. The van der Waals surface area contributed by atoms with Crippen molar-refractivity contribution < 1.29 is 4.79 Å². The number of nitrogens with zero attached hydrogens (tertiary/aromatic N) is 1. The van der Waals surface area contributed by atoms with Gasteiger partial charge >= 0.3 is 0 Å². The lowest BCUT2D eigenvalue weighted by atomic mass is 10.0. The predicted octanol–water partition coefficient (Wildman–Crippen LogP) is 1.40. The summed E-state index contributed by atoms with van der Waals surface area (Å²) in [4.78, 5) is 13.6. The molecule has 17 heavy (non-hydrogen) atoms. The summed E-state index contributed by atoms with van der Waals surface area (Å²) in [5.41, 5.74) is 7.95. The van der Waals surface area contributed by atoms with Crippen molar-refractivity contribution in [2.75, 3.05) is 20.1 Å². The Bertz CT molecular complexity index is 469. The van der Waals surface area contributed by atoms with Crippen molar-refractivity contribution in [3.63, 3.8) is 0 Å². The van der Waals surface area contributed by atoms with Crippen LogP contribution >= 0.6 is 0 Å². The van der Waals surface area contributed by atoms with Gasteiger partial charge in [0.15, 0.2) is 0 Å². The van der Waals surface area contributed by atoms with E-state index in [0.29, 0.717) is 18.7 Å². The maximum absolute atomic E-state index is 11.9. The third-order valence-corrected chi connectivity index (χ3v) is 2.62. The summed E-state index contributed by atoms with van der Waals surface area (Å²) >= 11 is 0. The van der Waals surface area contributed by atoms with E-state index in [1.54, 1.807) is 11.9 Å². The molecule has 90 valence electrons. The zero-order valence-corrected chi connectivity index (χ0v) is 10.6. The number of amides is 1. The van der Waals surface area contributed by atoms with Crippen LogP contribution in [-0.4, -0.2) is 30.9 Å². The molecule has 0 unspecified atom stereocenters. The van der Waals surface area contributed by atoms with Gasteiger partial charge in [-0.05, 0) is 37.6 Å². The number of carbonyl (C=O) groups excluding carboxylic acids is 1. The third-order valence-electron chi connectivity index (χ3n) is 2.62. The highest BCUT2D eigenvalue weighted by Crippen LogP contribution is 2.11. The molecular weight excluding hydrogens is 212 g/mol. The monoisotopic (exact) mass is 230 g/mol. The van der Waals surface area contributed by atoms with Crippen LogP contribution in [0.25, 0.3) is 0 Å². The Hall–Kier alpha value is -1.79. The highest BCUT2D eigenvalue weighted by atomic mass is 16.2. The molecule has 1 amide bonds. The van der Waals surface area contributed by atoms with Crippen LogP contribution in [-0.2, 0) is 0 Å². The molecule has 3 heteroatoms. The lowest BCUT2D eigenvalue weighted by molar-refractivity contribution is 0.0802. The van der Waals surface area contributed by atoms with Crippen LogP contribution in [0.5, 0.6) is 0 Å². The standard InChI is InChI=1S/C14H18N2O/c1-4-16(3)14(17)13-8-7-12(6-5-9-15)11(2)10-13/h7-8,10H,4,9,15H2,1-3H3. The van der Waals surface area contributed by atoms with Gasteiger partial charge in [0, 0.05) is 24.7 Å². The van der Waals surface area contributed by atoms with Crippen LogP contribution in [0, 0.1) is 18.8 Å². The average molecular weight is 230 g/mol. The fourth-order valence-electron chi connectivity index (χ4n) is 1.45. The summed E-state index contributed by atoms with van der Waals surface area (Å²) in [5.74, 6) is 5.83. The van der Waals surface area contributed by atoms with E-state index >= 15 is 0 Å². The largest absolute Gasteiger partial charge is 0.342 e. The predicted molar refractivity (Wildman–Crippen MR) is 69.7 cm³/mol. The minimum atomic E-state index is 0.0361. The van der Waals surface area contributed by atoms with Crippen LogP contribution in [0.2, 0.25) is 0 Å². The highest BCUT2D eigenvalue weighted by Gasteiger charge is 2.10. The molecular formula is C14H18N2O. The minimum absolute atomic E-state index is 0.0361. The molecule has 0 atom stereocenters. The van der Waals surface area contributed by atoms with E-state index in [1.165, 1.54) is 0 Å². The van der Waals surface area contributed by atoms with Crippen LogP contribution in [0.15, 0.2) is 18.2 Å². The number of hydrogen-bond donors (Lipinski definition) is 1. The maximum atomic E-state index is 11.9.